The minimum atomic E-state index is -2.97. The van der Waals surface area contributed by atoms with Gasteiger partial charge in [0.25, 0.3) is 0 Å². The van der Waals surface area contributed by atoms with Gasteiger partial charge in [-0.25, -0.2) is 8.42 Å². The molecule has 0 saturated heterocycles. The molecule has 0 radical (unpaired) electrons. The first kappa shape index (κ1) is 11.9. The summed E-state index contributed by atoms with van der Waals surface area (Å²) in [5.41, 5.74) is 0. The molecule has 0 heterocycles. The highest BCUT2D eigenvalue weighted by molar-refractivity contribution is 7.92. The van der Waals surface area contributed by atoms with Crippen molar-refractivity contribution in [1.29, 1.82) is 0 Å². The number of hydrogen-bond acceptors (Lipinski definition) is 3. The van der Waals surface area contributed by atoms with E-state index in [1.165, 1.54) is 0 Å². The third-order valence-electron chi connectivity index (χ3n) is 1.90. The molecule has 0 fully saturated rings. The van der Waals surface area contributed by atoms with Gasteiger partial charge in [-0.1, -0.05) is 0 Å². The second kappa shape index (κ2) is 3.75. The van der Waals surface area contributed by atoms with Crippen molar-refractivity contribution in [1.82, 2.24) is 5.32 Å². The van der Waals surface area contributed by atoms with Crippen LogP contribution in [-0.2, 0) is 9.84 Å². The van der Waals surface area contributed by atoms with E-state index in [1.54, 1.807) is 27.8 Å². The fraction of sp³-hybridized carbons (Fsp3) is 1.00. The number of hydrogen-bond donors (Lipinski definition) is 1. The Morgan fingerprint density at radius 1 is 1.33 bits per heavy atom. The van der Waals surface area contributed by atoms with Gasteiger partial charge in [-0.05, 0) is 34.7 Å². The predicted octanol–water partition coefficient (Wildman–Crippen LogP) is 0.808. The van der Waals surface area contributed by atoms with Gasteiger partial charge in [0.2, 0.25) is 0 Å². The maximum absolute atomic E-state index is 11.6. The Morgan fingerprint density at radius 3 is 2.00 bits per heavy atom. The quantitative estimate of drug-likeness (QED) is 0.721. The van der Waals surface area contributed by atoms with Gasteiger partial charge in [0.15, 0.2) is 9.84 Å². The Balaban J connectivity index is 4.46. The van der Waals surface area contributed by atoms with Crippen LogP contribution < -0.4 is 5.32 Å². The summed E-state index contributed by atoms with van der Waals surface area (Å²) in [5.74, 6) is 0.201. The van der Waals surface area contributed by atoms with Gasteiger partial charge in [-0.15, -0.1) is 0 Å². The summed E-state index contributed by atoms with van der Waals surface area (Å²) in [5, 5.41) is 2.91. The van der Waals surface area contributed by atoms with Gasteiger partial charge in [0.1, 0.15) is 0 Å². The molecule has 0 aliphatic carbocycles. The van der Waals surface area contributed by atoms with Crippen molar-refractivity contribution < 1.29 is 8.42 Å². The van der Waals surface area contributed by atoms with Crippen LogP contribution in [0.25, 0.3) is 0 Å². The smallest absolute Gasteiger partial charge is 0.156 e. The Morgan fingerprint density at radius 2 is 1.75 bits per heavy atom. The predicted molar refractivity (Wildman–Crippen MR) is 52.1 cm³/mol. The Hall–Kier alpha value is -0.0900. The van der Waals surface area contributed by atoms with Crippen LogP contribution in [0.3, 0.4) is 0 Å². The monoisotopic (exact) mass is 193 g/mol. The maximum atomic E-state index is 11.6. The zero-order valence-electron chi connectivity index (χ0n) is 8.51. The van der Waals surface area contributed by atoms with E-state index in [9.17, 15) is 8.42 Å². The molecule has 3 nitrogen and oxygen atoms in total. The SMILES string of the molecule is CNC(C)CS(=O)(=O)C(C)(C)C. The van der Waals surface area contributed by atoms with Crippen molar-refractivity contribution in [3.63, 3.8) is 0 Å². The number of sulfone groups is 1. The minimum absolute atomic E-state index is 0.0224. The van der Waals surface area contributed by atoms with E-state index < -0.39 is 14.6 Å². The molecule has 1 atom stereocenters. The second-order valence-electron chi connectivity index (χ2n) is 4.08. The molecular formula is C8H19NO2S. The van der Waals surface area contributed by atoms with E-state index in [-0.39, 0.29) is 11.8 Å². The molecule has 0 spiro atoms. The summed E-state index contributed by atoms with van der Waals surface area (Å²) in [6, 6.07) is 0.0224. The van der Waals surface area contributed by atoms with Gasteiger partial charge in [-0.3, -0.25) is 0 Å². The Labute approximate surface area is 75.5 Å². The summed E-state index contributed by atoms with van der Waals surface area (Å²) in [6.45, 7) is 7.05. The van der Waals surface area contributed by atoms with Crippen LogP contribution in [0.1, 0.15) is 27.7 Å². The van der Waals surface area contributed by atoms with Crippen molar-refractivity contribution in [2.75, 3.05) is 12.8 Å². The average molecular weight is 193 g/mol. The van der Waals surface area contributed by atoms with E-state index >= 15 is 0 Å². The van der Waals surface area contributed by atoms with E-state index in [4.69, 9.17) is 0 Å². The zero-order valence-corrected chi connectivity index (χ0v) is 9.33. The van der Waals surface area contributed by atoms with Crippen LogP contribution >= 0.6 is 0 Å². The van der Waals surface area contributed by atoms with Crippen LogP contribution in [-0.4, -0.2) is 32.0 Å². The van der Waals surface area contributed by atoms with E-state index in [0.29, 0.717) is 0 Å². The lowest BCUT2D eigenvalue weighted by atomic mass is 10.3. The summed E-state index contributed by atoms with van der Waals surface area (Å²) < 4.78 is 22.5. The third-order valence-corrected chi connectivity index (χ3v) is 4.70. The highest BCUT2D eigenvalue weighted by atomic mass is 32.2. The number of rotatable bonds is 3. The third kappa shape index (κ3) is 3.11. The minimum Gasteiger partial charge on any atom is -0.316 e. The lowest BCUT2D eigenvalue weighted by molar-refractivity contribution is 0.545. The first-order valence-electron chi connectivity index (χ1n) is 4.10. The van der Waals surface area contributed by atoms with Crippen LogP contribution in [0.4, 0.5) is 0 Å². The fourth-order valence-electron chi connectivity index (χ4n) is 0.662. The van der Waals surface area contributed by atoms with Gasteiger partial charge < -0.3 is 5.32 Å². The molecule has 0 aliphatic heterocycles. The molecular weight excluding hydrogens is 174 g/mol. The molecule has 4 heteroatoms. The molecule has 0 rings (SSSR count). The van der Waals surface area contributed by atoms with Gasteiger partial charge in [0, 0.05) is 6.04 Å². The van der Waals surface area contributed by atoms with E-state index in [0.717, 1.165) is 0 Å². The lowest BCUT2D eigenvalue weighted by Gasteiger charge is -2.21. The van der Waals surface area contributed by atoms with E-state index in [2.05, 4.69) is 5.32 Å². The average Bonchev–Trinajstić information content (AvgIpc) is 1.84. The molecule has 1 unspecified atom stereocenters. The van der Waals surface area contributed by atoms with Gasteiger partial charge >= 0.3 is 0 Å². The summed E-state index contributed by atoms with van der Waals surface area (Å²) in [7, 11) is -1.20. The van der Waals surface area contributed by atoms with Crippen LogP contribution in [0, 0.1) is 0 Å². The standard InChI is InChI=1S/C8H19NO2S/c1-7(9-5)6-12(10,11)8(2,3)4/h7,9H,6H2,1-5H3. The normalized spacial score (nSPS) is 16.1. The highest BCUT2D eigenvalue weighted by Gasteiger charge is 2.29. The van der Waals surface area contributed by atoms with Crippen molar-refractivity contribution in [2.24, 2.45) is 0 Å². The van der Waals surface area contributed by atoms with Gasteiger partial charge in [0.05, 0.1) is 10.5 Å². The van der Waals surface area contributed by atoms with Crippen molar-refractivity contribution in [2.45, 2.75) is 38.5 Å². The topological polar surface area (TPSA) is 46.2 Å². The molecule has 74 valence electrons. The van der Waals surface area contributed by atoms with Crippen molar-refractivity contribution in [3.05, 3.63) is 0 Å². The van der Waals surface area contributed by atoms with Crippen LogP contribution in [0.15, 0.2) is 0 Å². The molecule has 0 aromatic carbocycles. The fourth-order valence-corrected chi connectivity index (χ4v) is 1.99. The van der Waals surface area contributed by atoms with Gasteiger partial charge in [-0.2, -0.15) is 0 Å². The zero-order chi connectivity index (χ0) is 9.99. The molecule has 0 bridgehead atoms. The Bertz CT molecular complexity index is 226. The van der Waals surface area contributed by atoms with E-state index in [1.807, 2.05) is 6.92 Å². The summed E-state index contributed by atoms with van der Waals surface area (Å²) >= 11 is 0. The van der Waals surface area contributed by atoms with Crippen LogP contribution in [0.2, 0.25) is 0 Å². The Kier molecular flexibility index (Phi) is 3.72. The van der Waals surface area contributed by atoms with Crippen molar-refractivity contribution in [3.8, 4) is 0 Å². The largest absolute Gasteiger partial charge is 0.316 e. The maximum Gasteiger partial charge on any atom is 0.156 e. The molecule has 1 N–H and O–H groups in total. The summed E-state index contributed by atoms with van der Waals surface area (Å²) in [4.78, 5) is 0. The molecule has 12 heavy (non-hydrogen) atoms. The molecule has 0 aromatic rings. The number of nitrogens with one attached hydrogen (secondary N) is 1. The molecule has 0 saturated carbocycles. The molecule has 0 aliphatic rings. The second-order valence-corrected chi connectivity index (χ2v) is 6.87. The van der Waals surface area contributed by atoms with Crippen LogP contribution in [0.5, 0.6) is 0 Å². The first-order chi connectivity index (χ1) is 5.20. The lowest BCUT2D eigenvalue weighted by Crippen LogP contribution is -2.38. The highest BCUT2D eigenvalue weighted by Crippen LogP contribution is 2.16. The first-order valence-corrected chi connectivity index (χ1v) is 5.75. The molecule has 0 amide bonds. The van der Waals surface area contributed by atoms with Crippen molar-refractivity contribution >= 4 is 9.84 Å². The molecule has 0 aromatic heterocycles. The summed E-state index contributed by atoms with van der Waals surface area (Å²) in [6.07, 6.45) is 0.